The summed E-state index contributed by atoms with van der Waals surface area (Å²) in [6.45, 7) is 3.52. The molecule has 1 aromatic heterocycles. The summed E-state index contributed by atoms with van der Waals surface area (Å²) >= 11 is 6.15. The number of aromatic nitrogens is 1. The number of nitrogens with zero attached hydrogens (tertiary/aromatic N) is 2. The Kier molecular flexibility index (Phi) is 6.76. The molecule has 2 aromatic rings. The van der Waals surface area contributed by atoms with Crippen LogP contribution in [0.5, 0.6) is 0 Å². The fourth-order valence-corrected chi connectivity index (χ4v) is 4.87. The van der Waals surface area contributed by atoms with E-state index in [1.165, 1.54) is 32.1 Å². The Bertz CT molecular complexity index is 889. The molecule has 30 heavy (non-hydrogen) atoms. The lowest BCUT2D eigenvalue weighted by Crippen LogP contribution is -2.47. The number of carbonyl (C=O) groups is 1. The molecule has 1 saturated heterocycles. The van der Waals surface area contributed by atoms with E-state index in [0.717, 1.165) is 42.7 Å². The van der Waals surface area contributed by atoms with Gasteiger partial charge in [-0.3, -0.25) is 4.79 Å². The molecule has 6 nitrogen and oxygen atoms in total. The third-order valence-electron chi connectivity index (χ3n) is 6.23. The normalized spacial score (nSPS) is 19.8. The van der Waals surface area contributed by atoms with Crippen molar-refractivity contribution in [2.24, 2.45) is 5.73 Å². The summed E-state index contributed by atoms with van der Waals surface area (Å²) in [5, 5.41) is 8.17. The van der Waals surface area contributed by atoms with E-state index in [4.69, 9.17) is 22.3 Å². The second kappa shape index (κ2) is 9.50. The lowest BCUT2D eigenvalue weighted by molar-refractivity contribution is 0.0941. The van der Waals surface area contributed by atoms with Gasteiger partial charge in [-0.25, -0.2) is 4.98 Å². The van der Waals surface area contributed by atoms with Crippen LogP contribution in [0.3, 0.4) is 0 Å². The fraction of sp³-hybridized carbons (Fsp3) is 0.565. The number of hydrogen-bond acceptors (Lipinski definition) is 5. The van der Waals surface area contributed by atoms with Crippen molar-refractivity contribution < 1.29 is 4.79 Å². The van der Waals surface area contributed by atoms with Crippen molar-refractivity contribution in [2.75, 3.05) is 18.0 Å². The third kappa shape index (κ3) is 5.05. The number of piperidine rings is 1. The summed E-state index contributed by atoms with van der Waals surface area (Å²) in [4.78, 5) is 20.0. The first-order chi connectivity index (χ1) is 14.5. The minimum atomic E-state index is -0.425. The van der Waals surface area contributed by atoms with E-state index in [1.54, 1.807) is 6.92 Å². The summed E-state index contributed by atoms with van der Waals surface area (Å²) in [6, 6.07) is 8.69. The van der Waals surface area contributed by atoms with Gasteiger partial charge in [0.15, 0.2) is 0 Å². The standard InChI is InChI=1S/C23H32ClN5O/c1-15(25)26-23(30)20-14-16-13-17(24)7-8-21(16)28-22(20)29-11-9-19(10-12-29)27-18-5-3-2-4-6-18/h7-8,13-15,18-19,27H,2-6,9-12,25H2,1H3,(H,26,30). The molecule has 1 unspecified atom stereocenters. The summed E-state index contributed by atoms with van der Waals surface area (Å²) in [6.07, 6.45) is 8.37. The third-order valence-corrected chi connectivity index (χ3v) is 6.47. The van der Waals surface area contributed by atoms with Crippen LogP contribution in [0.15, 0.2) is 24.3 Å². The molecule has 1 aliphatic heterocycles. The molecule has 1 atom stereocenters. The molecule has 2 aliphatic rings. The lowest BCUT2D eigenvalue weighted by Gasteiger charge is -2.36. The smallest absolute Gasteiger partial charge is 0.256 e. The Morgan fingerprint density at radius 3 is 2.53 bits per heavy atom. The number of hydrogen-bond donors (Lipinski definition) is 3. The molecule has 4 N–H and O–H groups in total. The SMILES string of the molecule is CC(N)NC(=O)c1cc2cc(Cl)ccc2nc1N1CCC(NC2CCCCC2)CC1. The van der Waals surface area contributed by atoms with Gasteiger partial charge in [0, 0.05) is 35.6 Å². The maximum absolute atomic E-state index is 12.9. The summed E-state index contributed by atoms with van der Waals surface area (Å²) < 4.78 is 0. The quantitative estimate of drug-likeness (QED) is 0.629. The summed E-state index contributed by atoms with van der Waals surface area (Å²) in [7, 11) is 0. The van der Waals surface area contributed by atoms with Gasteiger partial charge in [0.05, 0.1) is 17.2 Å². The van der Waals surface area contributed by atoms with Gasteiger partial charge in [0.2, 0.25) is 0 Å². The maximum atomic E-state index is 12.9. The highest BCUT2D eigenvalue weighted by molar-refractivity contribution is 6.31. The molecule has 7 heteroatoms. The first-order valence-electron chi connectivity index (χ1n) is 11.2. The van der Waals surface area contributed by atoms with Crippen LogP contribution in [-0.4, -0.2) is 42.2 Å². The van der Waals surface area contributed by atoms with Crippen molar-refractivity contribution in [1.82, 2.24) is 15.6 Å². The van der Waals surface area contributed by atoms with E-state index in [-0.39, 0.29) is 5.91 Å². The minimum Gasteiger partial charge on any atom is -0.356 e. The Hall–Kier alpha value is -1.89. The van der Waals surface area contributed by atoms with Crippen molar-refractivity contribution >= 4 is 34.2 Å². The molecule has 0 spiro atoms. The monoisotopic (exact) mass is 429 g/mol. The average Bonchev–Trinajstić information content (AvgIpc) is 2.73. The molecule has 1 amide bonds. The van der Waals surface area contributed by atoms with Gasteiger partial charge in [-0.1, -0.05) is 30.9 Å². The van der Waals surface area contributed by atoms with Gasteiger partial charge in [0.1, 0.15) is 5.82 Å². The fourth-order valence-electron chi connectivity index (χ4n) is 4.69. The predicted octanol–water partition coefficient (Wildman–Crippen LogP) is 3.81. The number of amides is 1. The zero-order chi connectivity index (χ0) is 21.1. The van der Waals surface area contributed by atoms with Crippen LogP contribution in [0.2, 0.25) is 5.02 Å². The average molecular weight is 430 g/mol. The van der Waals surface area contributed by atoms with Gasteiger partial charge >= 0.3 is 0 Å². The number of pyridine rings is 1. The number of anilines is 1. The van der Waals surface area contributed by atoms with Crippen molar-refractivity contribution in [2.45, 2.75) is 70.1 Å². The maximum Gasteiger partial charge on any atom is 0.256 e. The van der Waals surface area contributed by atoms with Gasteiger partial charge in [-0.2, -0.15) is 0 Å². The topological polar surface area (TPSA) is 83.3 Å². The predicted molar refractivity (Wildman–Crippen MR) is 123 cm³/mol. The van der Waals surface area contributed by atoms with E-state index in [9.17, 15) is 4.79 Å². The van der Waals surface area contributed by atoms with Crippen LogP contribution in [-0.2, 0) is 0 Å². The summed E-state index contributed by atoms with van der Waals surface area (Å²) in [5.74, 6) is 0.538. The molecule has 4 rings (SSSR count). The molecule has 0 radical (unpaired) electrons. The second-order valence-electron chi connectivity index (χ2n) is 8.72. The number of carbonyl (C=O) groups excluding carboxylic acids is 1. The van der Waals surface area contributed by atoms with E-state index in [0.29, 0.717) is 22.7 Å². The van der Waals surface area contributed by atoms with Gasteiger partial charge in [-0.15, -0.1) is 0 Å². The number of benzene rings is 1. The van der Waals surface area contributed by atoms with Crippen LogP contribution < -0.4 is 21.3 Å². The van der Waals surface area contributed by atoms with Gasteiger partial charge < -0.3 is 21.3 Å². The van der Waals surface area contributed by atoms with Crippen LogP contribution >= 0.6 is 11.6 Å². The van der Waals surface area contributed by atoms with Crippen molar-refractivity contribution in [3.63, 3.8) is 0 Å². The van der Waals surface area contributed by atoms with Crippen molar-refractivity contribution in [3.8, 4) is 0 Å². The molecule has 0 bridgehead atoms. The first kappa shape index (κ1) is 21.3. The number of nitrogens with one attached hydrogen (secondary N) is 2. The number of rotatable bonds is 5. The van der Waals surface area contributed by atoms with Crippen molar-refractivity contribution in [1.29, 1.82) is 0 Å². The highest BCUT2D eigenvalue weighted by atomic mass is 35.5. The Labute approximate surface area is 183 Å². The highest BCUT2D eigenvalue weighted by Gasteiger charge is 2.26. The molecule has 1 aliphatic carbocycles. The molecule has 1 saturated carbocycles. The van der Waals surface area contributed by atoms with Crippen molar-refractivity contribution in [3.05, 3.63) is 34.9 Å². The van der Waals surface area contributed by atoms with Gasteiger partial charge in [-0.05, 0) is 56.9 Å². The Balaban J connectivity index is 1.53. The first-order valence-corrected chi connectivity index (χ1v) is 11.5. The lowest BCUT2D eigenvalue weighted by atomic mass is 9.93. The van der Waals surface area contributed by atoms with Crippen LogP contribution in [0.1, 0.15) is 62.2 Å². The van der Waals surface area contributed by atoms with Crippen LogP contribution in [0.25, 0.3) is 10.9 Å². The van der Waals surface area contributed by atoms with E-state index >= 15 is 0 Å². The van der Waals surface area contributed by atoms with E-state index < -0.39 is 6.17 Å². The molecule has 162 valence electrons. The van der Waals surface area contributed by atoms with Crippen LogP contribution in [0, 0.1) is 0 Å². The molecule has 2 fully saturated rings. The molecular weight excluding hydrogens is 398 g/mol. The Morgan fingerprint density at radius 2 is 1.83 bits per heavy atom. The number of nitrogens with two attached hydrogens (primary N) is 1. The Morgan fingerprint density at radius 1 is 1.13 bits per heavy atom. The number of fused-ring (bicyclic) bond motifs is 1. The highest BCUT2D eigenvalue weighted by Crippen LogP contribution is 2.28. The number of halogens is 1. The van der Waals surface area contributed by atoms with E-state index in [1.807, 2.05) is 24.3 Å². The largest absolute Gasteiger partial charge is 0.356 e. The van der Waals surface area contributed by atoms with Gasteiger partial charge in [0.25, 0.3) is 5.91 Å². The van der Waals surface area contributed by atoms with E-state index in [2.05, 4.69) is 15.5 Å². The zero-order valence-corrected chi connectivity index (χ0v) is 18.4. The second-order valence-corrected chi connectivity index (χ2v) is 9.16. The zero-order valence-electron chi connectivity index (χ0n) is 17.7. The van der Waals surface area contributed by atoms with Crippen LogP contribution in [0.4, 0.5) is 5.82 Å². The minimum absolute atomic E-state index is 0.197. The summed E-state index contributed by atoms with van der Waals surface area (Å²) in [5.41, 5.74) is 7.21. The molecule has 2 heterocycles. The molecule has 1 aromatic carbocycles. The molecular formula is C23H32ClN5O.